The van der Waals surface area contributed by atoms with Gasteiger partial charge in [-0.2, -0.15) is 0 Å². The van der Waals surface area contributed by atoms with E-state index >= 15 is 0 Å². The molecule has 0 unspecified atom stereocenters. The first-order valence-electron chi connectivity index (χ1n) is 5.60. The summed E-state index contributed by atoms with van der Waals surface area (Å²) in [4.78, 5) is 0. The highest BCUT2D eigenvalue weighted by molar-refractivity contribution is 5.85. The second-order valence-electron chi connectivity index (χ2n) is 4.31. The summed E-state index contributed by atoms with van der Waals surface area (Å²) in [5.41, 5.74) is 6.55. The predicted octanol–water partition coefficient (Wildman–Crippen LogP) is 3.43. The zero-order valence-corrected chi connectivity index (χ0v) is 11.1. The Morgan fingerprint density at radius 1 is 1.32 bits per heavy atom. The molecule has 19 heavy (non-hydrogen) atoms. The standard InChI is InChI=1S/C12H14F3NO2.ClH/c1-17-10-5-4-8(18-12(13,14)15)6-9(10)11(16)7-2-3-7;/h4-7,11H,2-3,16H2,1H3;1H/t11-;/m1./s1. The number of ether oxygens (including phenoxy) is 2. The average molecular weight is 298 g/mol. The minimum absolute atomic E-state index is 0. The molecule has 1 fully saturated rings. The van der Waals surface area contributed by atoms with Gasteiger partial charge in [0.05, 0.1) is 7.11 Å². The summed E-state index contributed by atoms with van der Waals surface area (Å²) in [6, 6.07) is 3.65. The number of rotatable bonds is 4. The molecule has 0 heterocycles. The zero-order chi connectivity index (χ0) is 13.3. The maximum absolute atomic E-state index is 12.1. The van der Waals surface area contributed by atoms with Gasteiger partial charge in [-0.3, -0.25) is 0 Å². The molecule has 0 aromatic heterocycles. The van der Waals surface area contributed by atoms with E-state index in [0.29, 0.717) is 17.2 Å². The molecule has 1 aliphatic rings. The third kappa shape index (κ3) is 4.18. The van der Waals surface area contributed by atoms with Crippen molar-refractivity contribution < 1.29 is 22.6 Å². The fraction of sp³-hybridized carbons (Fsp3) is 0.500. The molecule has 7 heteroatoms. The van der Waals surface area contributed by atoms with E-state index < -0.39 is 6.36 Å². The van der Waals surface area contributed by atoms with Crippen molar-refractivity contribution in [3.63, 3.8) is 0 Å². The zero-order valence-electron chi connectivity index (χ0n) is 10.2. The van der Waals surface area contributed by atoms with Crippen molar-refractivity contribution >= 4 is 12.4 Å². The van der Waals surface area contributed by atoms with Gasteiger partial charge in [0.1, 0.15) is 11.5 Å². The highest BCUT2D eigenvalue weighted by Crippen LogP contribution is 2.43. The van der Waals surface area contributed by atoms with Crippen LogP contribution in [-0.2, 0) is 0 Å². The van der Waals surface area contributed by atoms with Crippen LogP contribution >= 0.6 is 12.4 Å². The van der Waals surface area contributed by atoms with Crippen molar-refractivity contribution in [1.82, 2.24) is 0 Å². The van der Waals surface area contributed by atoms with Gasteiger partial charge in [0.15, 0.2) is 0 Å². The number of halogens is 4. The molecule has 1 aromatic carbocycles. The Balaban J connectivity index is 0.00000180. The third-order valence-electron chi connectivity index (χ3n) is 2.92. The Hall–Kier alpha value is -1.14. The summed E-state index contributed by atoms with van der Waals surface area (Å²) in [6.07, 6.45) is -2.71. The molecule has 0 radical (unpaired) electrons. The van der Waals surface area contributed by atoms with Crippen LogP contribution in [0.3, 0.4) is 0 Å². The molecular formula is C12H15ClF3NO2. The number of methoxy groups -OCH3 is 1. The van der Waals surface area contributed by atoms with Crippen molar-refractivity contribution in [1.29, 1.82) is 0 Å². The van der Waals surface area contributed by atoms with E-state index in [0.717, 1.165) is 12.8 Å². The van der Waals surface area contributed by atoms with E-state index in [9.17, 15) is 13.2 Å². The molecule has 0 spiro atoms. The summed E-state index contributed by atoms with van der Waals surface area (Å²) in [6.45, 7) is 0. The Kier molecular flexibility index (Phi) is 4.92. The van der Waals surface area contributed by atoms with Crippen LogP contribution in [0.5, 0.6) is 11.5 Å². The molecule has 1 aliphatic carbocycles. The predicted molar refractivity (Wildman–Crippen MR) is 66.6 cm³/mol. The minimum atomic E-state index is -4.70. The van der Waals surface area contributed by atoms with Crippen LogP contribution in [0, 0.1) is 5.92 Å². The summed E-state index contributed by atoms with van der Waals surface area (Å²) in [7, 11) is 1.46. The van der Waals surface area contributed by atoms with Gasteiger partial charge in [-0.25, -0.2) is 0 Å². The summed E-state index contributed by atoms with van der Waals surface area (Å²) < 4.78 is 45.4. The van der Waals surface area contributed by atoms with E-state index in [1.165, 1.54) is 25.3 Å². The monoisotopic (exact) mass is 297 g/mol. The fourth-order valence-corrected chi connectivity index (χ4v) is 1.88. The largest absolute Gasteiger partial charge is 0.573 e. The minimum Gasteiger partial charge on any atom is -0.496 e. The van der Waals surface area contributed by atoms with Crippen LogP contribution in [0.2, 0.25) is 0 Å². The van der Waals surface area contributed by atoms with Gasteiger partial charge in [-0.1, -0.05) is 0 Å². The normalized spacial score (nSPS) is 16.5. The van der Waals surface area contributed by atoms with E-state index in [1.54, 1.807) is 0 Å². The van der Waals surface area contributed by atoms with Crippen LogP contribution in [-0.4, -0.2) is 13.5 Å². The van der Waals surface area contributed by atoms with Crippen LogP contribution < -0.4 is 15.2 Å². The first kappa shape index (κ1) is 15.9. The van der Waals surface area contributed by atoms with Gasteiger partial charge in [0.2, 0.25) is 0 Å². The Labute approximate surface area is 115 Å². The lowest BCUT2D eigenvalue weighted by molar-refractivity contribution is -0.274. The second-order valence-corrected chi connectivity index (χ2v) is 4.31. The third-order valence-corrected chi connectivity index (χ3v) is 2.92. The van der Waals surface area contributed by atoms with Crippen LogP contribution in [0.1, 0.15) is 24.4 Å². The van der Waals surface area contributed by atoms with Gasteiger partial charge in [-0.15, -0.1) is 25.6 Å². The summed E-state index contributed by atoms with van der Waals surface area (Å²) in [5, 5.41) is 0. The molecule has 1 saturated carbocycles. The van der Waals surface area contributed by atoms with Crippen molar-refractivity contribution in [2.75, 3.05) is 7.11 Å². The van der Waals surface area contributed by atoms with Crippen molar-refractivity contribution in [2.24, 2.45) is 11.7 Å². The maximum Gasteiger partial charge on any atom is 0.573 e. The van der Waals surface area contributed by atoms with Crippen LogP contribution in [0.25, 0.3) is 0 Å². The van der Waals surface area contributed by atoms with E-state index in [4.69, 9.17) is 10.5 Å². The van der Waals surface area contributed by atoms with E-state index in [-0.39, 0.29) is 24.2 Å². The van der Waals surface area contributed by atoms with E-state index in [1.807, 2.05) is 0 Å². The summed E-state index contributed by atoms with van der Waals surface area (Å²) >= 11 is 0. The highest BCUT2D eigenvalue weighted by atomic mass is 35.5. The molecule has 2 N–H and O–H groups in total. The first-order valence-corrected chi connectivity index (χ1v) is 5.60. The van der Waals surface area contributed by atoms with Crippen molar-refractivity contribution in [2.45, 2.75) is 25.2 Å². The number of benzene rings is 1. The topological polar surface area (TPSA) is 44.5 Å². The number of alkyl halides is 3. The lowest BCUT2D eigenvalue weighted by Crippen LogP contribution is -2.18. The molecule has 2 rings (SSSR count). The average Bonchev–Trinajstić information content (AvgIpc) is 3.09. The van der Waals surface area contributed by atoms with Gasteiger partial charge >= 0.3 is 6.36 Å². The smallest absolute Gasteiger partial charge is 0.496 e. The fourth-order valence-electron chi connectivity index (χ4n) is 1.88. The molecule has 0 aliphatic heterocycles. The molecule has 108 valence electrons. The summed E-state index contributed by atoms with van der Waals surface area (Å²) in [5.74, 6) is 0.540. The lowest BCUT2D eigenvalue weighted by atomic mass is 10.0. The second kappa shape index (κ2) is 5.88. The van der Waals surface area contributed by atoms with Crippen molar-refractivity contribution in [3.05, 3.63) is 23.8 Å². The quantitative estimate of drug-likeness (QED) is 0.926. The molecule has 0 saturated heterocycles. The van der Waals surface area contributed by atoms with E-state index in [2.05, 4.69) is 4.74 Å². The van der Waals surface area contributed by atoms with Crippen LogP contribution in [0.4, 0.5) is 13.2 Å². The van der Waals surface area contributed by atoms with Crippen molar-refractivity contribution in [3.8, 4) is 11.5 Å². The Bertz CT molecular complexity index is 435. The molecule has 0 amide bonds. The highest BCUT2D eigenvalue weighted by Gasteiger charge is 2.34. The molecule has 0 bridgehead atoms. The first-order chi connectivity index (χ1) is 8.40. The Morgan fingerprint density at radius 2 is 1.95 bits per heavy atom. The molecule has 1 aromatic rings. The number of hydrogen-bond donors (Lipinski definition) is 1. The molecular weight excluding hydrogens is 283 g/mol. The Morgan fingerprint density at radius 3 is 2.42 bits per heavy atom. The lowest BCUT2D eigenvalue weighted by Gasteiger charge is -2.17. The SMILES string of the molecule is COc1ccc(OC(F)(F)F)cc1[C@H](N)C1CC1.Cl. The number of nitrogens with two attached hydrogens (primary N) is 1. The van der Waals surface area contributed by atoms with Crippen LogP contribution in [0.15, 0.2) is 18.2 Å². The molecule has 3 nitrogen and oxygen atoms in total. The maximum atomic E-state index is 12.1. The van der Waals surface area contributed by atoms with Gasteiger partial charge in [0, 0.05) is 11.6 Å². The number of hydrogen-bond acceptors (Lipinski definition) is 3. The van der Waals surface area contributed by atoms with Gasteiger partial charge in [0.25, 0.3) is 0 Å². The van der Waals surface area contributed by atoms with Gasteiger partial charge in [-0.05, 0) is 37.0 Å². The molecule has 1 atom stereocenters. The van der Waals surface area contributed by atoms with Gasteiger partial charge < -0.3 is 15.2 Å².